The lowest BCUT2D eigenvalue weighted by molar-refractivity contribution is -0.134. The number of hydrogen-bond acceptors (Lipinski definition) is 2. The second kappa shape index (κ2) is 6.59. The molecule has 5 heteroatoms. The van der Waals surface area contributed by atoms with Crippen molar-refractivity contribution in [2.24, 2.45) is 0 Å². The van der Waals surface area contributed by atoms with Crippen LogP contribution in [-0.4, -0.2) is 24.0 Å². The van der Waals surface area contributed by atoms with Crippen molar-refractivity contribution in [2.75, 3.05) is 13.2 Å². The number of hydrogen-bond donors (Lipinski definition) is 0. The Morgan fingerprint density at radius 1 is 1.09 bits per heavy atom. The summed E-state index contributed by atoms with van der Waals surface area (Å²) in [6.07, 6.45) is 0.884. The molecule has 3 nitrogen and oxygen atoms in total. The summed E-state index contributed by atoms with van der Waals surface area (Å²) >= 11 is 11.8. The minimum absolute atomic E-state index is 0.000127. The lowest BCUT2D eigenvalue weighted by Crippen LogP contribution is -2.38. The van der Waals surface area contributed by atoms with Gasteiger partial charge in [0, 0.05) is 19.2 Å². The predicted octanol–water partition coefficient (Wildman–Crippen LogP) is 3.96. The summed E-state index contributed by atoms with van der Waals surface area (Å²) in [5.41, 5.74) is 2.52. The number of amides is 1. The molecule has 0 saturated carbocycles. The van der Waals surface area contributed by atoms with Crippen molar-refractivity contribution in [2.45, 2.75) is 13.0 Å². The van der Waals surface area contributed by atoms with Gasteiger partial charge in [-0.3, -0.25) is 4.79 Å². The van der Waals surface area contributed by atoms with Gasteiger partial charge in [-0.05, 0) is 29.7 Å². The average Bonchev–Trinajstić information content (AvgIpc) is 2.55. The van der Waals surface area contributed by atoms with Crippen molar-refractivity contribution in [3.63, 3.8) is 0 Å². The Labute approximate surface area is 139 Å². The van der Waals surface area contributed by atoms with Crippen LogP contribution in [0.2, 0.25) is 10.0 Å². The van der Waals surface area contributed by atoms with Crippen molar-refractivity contribution >= 4 is 29.1 Å². The highest BCUT2D eigenvalue weighted by atomic mass is 35.5. The largest absolute Gasteiger partial charge is 0.484 e. The Morgan fingerprint density at radius 3 is 2.64 bits per heavy atom. The molecule has 2 aromatic rings. The van der Waals surface area contributed by atoms with E-state index in [-0.39, 0.29) is 12.5 Å². The zero-order valence-corrected chi connectivity index (χ0v) is 13.4. The summed E-state index contributed by atoms with van der Waals surface area (Å²) in [5, 5.41) is 0.881. The second-order valence-corrected chi connectivity index (χ2v) is 6.01. The first-order chi connectivity index (χ1) is 10.6. The fourth-order valence-electron chi connectivity index (χ4n) is 2.51. The SMILES string of the molecule is O=C(COc1ccc(Cl)c(Cl)c1)N1CCc2ccccc2C1. The average molecular weight is 336 g/mol. The van der Waals surface area contributed by atoms with Gasteiger partial charge in [0.05, 0.1) is 10.0 Å². The van der Waals surface area contributed by atoms with E-state index in [4.69, 9.17) is 27.9 Å². The molecule has 1 aliphatic heterocycles. The molecule has 0 radical (unpaired) electrons. The van der Waals surface area contributed by atoms with Crippen LogP contribution >= 0.6 is 23.2 Å². The molecule has 1 aliphatic rings. The van der Waals surface area contributed by atoms with Crippen molar-refractivity contribution in [1.82, 2.24) is 4.90 Å². The molecule has 0 N–H and O–H groups in total. The molecule has 0 spiro atoms. The molecule has 0 fully saturated rings. The van der Waals surface area contributed by atoms with Gasteiger partial charge in [0.15, 0.2) is 6.61 Å². The van der Waals surface area contributed by atoms with Crippen LogP contribution in [0, 0.1) is 0 Å². The Morgan fingerprint density at radius 2 is 1.86 bits per heavy atom. The topological polar surface area (TPSA) is 29.5 Å². The first kappa shape index (κ1) is 15.2. The number of halogens is 2. The van der Waals surface area contributed by atoms with Gasteiger partial charge in [0.25, 0.3) is 5.91 Å². The lowest BCUT2D eigenvalue weighted by Gasteiger charge is -2.28. The van der Waals surface area contributed by atoms with Gasteiger partial charge in [0.1, 0.15) is 5.75 Å². The first-order valence-corrected chi connectivity index (χ1v) is 7.81. The molecule has 0 unspecified atom stereocenters. The van der Waals surface area contributed by atoms with Gasteiger partial charge < -0.3 is 9.64 Å². The molecular weight excluding hydrogens is 321 g/mol. The van der Waals surface area contributed by atoms with Crippen LogP contribution in [0.1, 0.15) is 11.1 Å². The van der Waals surface area contributed by atoms with Crippen LogP contribution in [0.15, 0.2) is 42.5 Å². The van der Waals surface area contributed by atoms with E-state index in [1.54, 1.807) is 18.2 Å². The molecule has 0 saturated heterocycles. The summed E-state index contributed by atoms with van der Waals surface area (Å²) < 4.78 is 5.51. The minimum Gasteiger partial charge on any atom is -0.484 e. The quantitative estimate of drug-likeness (QED) is 0.849. The van der Waals surface area contributed by atoms with E-state index in [1.165, 1.54) is 11.1 Å². The van der Waals surface area contributed by atoms with Crippen LogP contribution in [0.5, 0.6) is 5.75 Å². The molecule has 114 valence electrons. The van der Waals surface area contributed by atoms with E-state index in [1.807, 2.05) is 17.0 Å². The normalized spacial score (nSPS) is 13.6. The van der Waals surface area contributed by atoms with E-state index in [2.05, 4.69) is 12.1 Å². The van der Waals surface area contributed by atoms with E-state index in [9.17, 15) is 4.79 Å². The van der Waals surface area contributed by atoms with Gasteiger partial charge in [-0.1, -0.05) is 47.5 Å². The summed E-state index contributed by atoms with van der Waals surface area (Å²) in [5.74, 6) is 0.515. The van der Waals surface area contributed by atoms with Gasteiger partial charge >= 0.3 is 0 Å². The highest BCUT2D eigenvalue weighted by Gasteiger charge is 2.20. The molecule has 3 rings (SSSR count). The Bertz CT molecular complexity index is 703. The molecule has 0 atom stereocenters. The molecule has 1 amide bonds. The fourth-order valence-corrected chi connectivity index (χ4v) is 2.80. The van der Waals surface area contributed by atoms with Crippen LogP contribution in [-0.2, 0) is 17.8 Å². The lowest BCUT2D eigenvalue weighted by atomic mass is 10.00. The zero-order chi connectivity index (χ0) is 15.5. The second-order valence-electron chi connectivity index (χ2n) is 5.20. The summed E-state index contributed by atoms with van der Waals surface area (Å²) in [6.45, 7) is 1.36. The fraction of sp³-hybridized carbons (Fsp3) is 0.235. The number of nitrogens with zero attached hydrogens (tertiary/aromatic N) is 1. The number of fused-ring (bicyclic) bond motifs is 1. The summed E-state index contributed by atoms with van der Waals surface area (Å²) in [6, 6.07) is 13.2. The smallest absolute Gasteiger partial charge is 0.260 e. The highest BCUT2D eigenvalue weighted by molar-refractivity contribution is 6.42. The maximum atomic E-state index is 12.3. The minimum atomic E-state index is -0.0272. The molecule has 2 aromatic carbocycles. The van der Waals surface area contributed by atoms with E-state index in [0.29, 0.717) is 22.3 Å². The summed E-state index contributed by atoms with van der Waals surface area (Å²) in [7, 11) is 0. The van der Waals surface area contributed by atoms with Gasteiger partial charge in [0.2, 0.25) is 0 Å². The number of carbonyl (C=O) groups is 1. The highest BCUT2D eigenvalue weighted by Crippen LogP contribution is 2.26. The maximum Gasteiger partial charge on any atom is 0.260 e. The van der Waals surface area contributed by atoms with E-state index in [0.717, 1.165) is 13.0 Å². The third kappa shape index (κ3) is 3.37. The first-order valence-electron chi connectivity index (χ1n) is 7.06. The number of carbonyl (C=O) groups excluding carboxylic acids is 1. The third-order valence-electron chi connectivity index (χ3n) is 3.74. The number of rotatable bonds is 3. The van der Waals surface area contributed by atoms with E-state index < -0.39 is 0 Å². The Balaban J connectivity index is 1.60. The van der Waals surface area contributed by atoms with Crippen molar-refractivity contribution in [3.05, 3.63) is 63.6 Å². The van der Waals surface area contributed by atoms with Crippen molar-refractivity contribution in [1.29, 1.82) is 0 Å². The number of ether oxygens (including phenoxy) is 1. The van der Waals surface area contributed by atoms with Crippen LogP contribution in [0.3, 0.4) is 0 Å². The van der Waals surface area contributed by atoms with Crippen LogP contribution < -0.4 is 4.74 Å². The van der Waals surface area contributed by atoms with E-state index >= 15 is 0 Å². The van der Waals surface area contributed by atoms with Crippen molar-refractivity contribution in [3.8, 4) is 5.75 Å². The van der Waals surface area contributed by atoms with Gasteiger partial charge in [-0.25, -0.2) is 0 Å². The van der Waals surface area contributed by atoms with Crippen LogP contribution in [0.25, 0.3) is 0 Å². The molecule has 1 heterocycles. The predicted molar refractivity (Wildman–Crippen MR) is 87.5 cm³/mol. The standard InChI is InChI=1S/C17H15Cl2NO2/c18-15-6-5-14(9-16(15)19)22-11-17(21)20-8-7-12-3-1-2-4-13(12)10-20/h1-6,9H,7-8,10-11H2. The maximum absolute atomic E-state index is 12.3. The third-order valence-corrected chi connectivity index (χ3v) is 4.48. The van der Waals surface area contributed by atoms with Crippen LogP contribution in [0.4, 0.5) is 0 Å². The number of benzene rings is 2. The molecule has 0 aromatic heterocycles. The summed E-state index contributed by atoms with van der Waals surface area (Å²) in [4.78, 5) is 14.1. The van der Waals surface area contributed by atoms with Gasteiger partial charge in [-0.15, -0.1) is 0 Å². The molecular formula is C17H15Cl2NO2. The Kier molecular flexibility index (Phi) is 4.55. The monoisotopic (exact) mass is 335 g/mol. The zero-order valence-electron chi connectivity index (χ0n) is 11.9. The molecule has 0 aliphatic carbocycles. The Hall–Kier alpha value is -1.71. The molecule has 0 bridgehead atoms. The van der Waals surface area contributed by atoms with Gasteiger partial charge in [-0.2, -0.15) is 0 Å². The molecule has 22 heavy (non-hydrogen) atoms. The van der Waals surface area contributed by atoms with Crippen molar-refractivity contribution < 1.29 is 9.53 Å².